The van der Waals surface area contributed by atoms with Gasteiger partial charge < -0.3 is 5.32 Å². The van der Waals surface area contributed by atoms with Crippen LogP contribution in [0.1, 0.15) is 10.7 Å². The van der Waals surface area contributed by atoms with Crippen LogP contribution in [0.3, 0.4) is 0 Å². The van der Waals surface area contributed by atoms with Crippen molar-refractivity contribution in [1.82, 2.24) is 9.97 Å². The van der Waals surface area contributed by atoms with Crippen LogP contribution >= 0.6 is 22.7 Å². The fraction of sp³-hybridized carbons (Fsp3) is 0.143. The summed E-state index contributed by atoms with van der Waals surface area (Å²) in [4.78, 5) is 8.73. The van der Waals surface area contributed by atoms with Gasteiger partial charge in [0.15, 0.2) is 0 Å². The van der Waals surface area contributed by atoms with Gasteiger partial charge >= 0.3 is 0 Å². The second kappa shape index (κ2) is 5.50. The number of benzene rings is 1. The van der Waals surface area contributed by atoms with Gasteiger partial charge in [-0.05, 0) is 31.2 Å². The molecule has 0 amide bonds. The number of anilines is 1. The number of nitrogens with zero attached hydrogens (tertiary/aromatic N) is 2. The van der Waals surface area contributed by atoms with Crippen LogP contribution in [0, 0.1) is 6.92 Å². The van der Waals surface area contributed by atoms with Crippen molar-refractivity contribution in [1.29, 1.82) is 0 Å². The van der Waals surface area contributed by atoms with Gasteiger partial charge in [0, 0.05) is 28.2 Å². The Morgan fingerprint density at radius 1 is 1.16 bits per heavy atom. The van der Waals surface area contributed by atoms with Crippen molar-refractivity contribution in [2.75, 3.05) is 5.32 Å². The lowest BCUT2D eigenvalue weighted by atomic mass is 10.2. The molecule has 0 saturated heterocycles. The molecule has 96 valence electrons. The van der Waals surface area contributed by atoms with Crippen LogP contribution in [0.4, 0.5) is 5.69 Å². The summed E-state index contributed by atoms with van der Waals surface area (Å²) in [6, 6.07) is 8.34. The maximum absolute atomic E-state index is 4.43. The Kier molecular flexibility index (Phi) is 3.57. The molecule has 19 heavy (non-hydrogen) atoms. The fourth-order valence-corrected chi connectivity index (χ4v) is 3.04. The molecule has 0 unspecified atom stereocenters. The molecule has 1 aromatic carbocycles. The van der Waals surface area contributed by atoms with E-state index in [2.05, 4.69) is 44.9 Å². The minimum absolute atomic E-state index is 0.765. The zero-order valence-electron chi connectivity index (χ0n) is 10.5. The van der Waals surface area contributed by atoms with E-state index in [4.69, 9.17) is 0 Å². The van der Waals surface area contributed by atoms with Gasteiger partial charge in [-0.1, -0.05) is 0 Å². The predicted molar refractivity (Wildman–Crippen MR) is 81.7 cm³/mol. The molecule has 1 N–H and O–H groups in total. The third kappa shape index (κ3) is 3.00. The Morgan fingerprint density at radius 2 is 2.00 bits per heavy atom. The van der Waals surface area contributed by atoms with Crippen molar-refractivity contribution in [2.45, 2.75) is 13.5 Å². The first-order chi connectivity index (χ1) is 9.31. The highest BCUT2D eigenvalue weighted by molar-refractivity contribution is 7.13. The van der Waals surface area contributed by atoms with Crippen molar-refractivity contribution in [3.63, 3.8) is 0 Å². The summed E-state index contributed by atoms with van der Waals surface area (Å²) >= 11 is 3.34. The van der Waals surface area contributed by atoms with E-state index >= 15 is 0 Å². The molecule has 3 nitrogen and oxygen atoms in total. The highest BCUT2D eigenvalue weighted by Gasteiger charge is 2.01. The van der Waals surface area contributed by atoms with Gasteiger partial charge in [-0.2, -0.15) is 0 Å². The number of thiazole rings is 2. The maximum atomic E-state index is 4.43. The molecule has 0 saturated carbocycles. The maximum Gasteiger partial charge on any atom is 0.123 e. The van der Waals surface area contributed by atoms with Crippen molar-refractivity contribution >= 4 is 28.4 Å². The predicted octanol–water partition coefficient (Wildman–Crippen LogP) is 4.19. The Hall–Kier alpha value is -1.72. The largest absolute Gasteiger partial charge is 0.379 e. The normalized spacial score (nSPS) is 10.6. The van der Waals surface area contributed by atoms with E-state index in [0.717, 1.165) is 33.5 Å². The Balaban J connectivity index is 1.66. The van der Waals surface area contributed by atoms with Crippen molar-refractivity contribution < 1.29 is 0 Å². The van der Waals surface area contributed by atoms with Crippen LogP contribution in [0.2, 0.25) is 0 Å². The molecular formula is C14H13N3S2. The van der Waals surface area contributed by atoms with Crippen molar-refractivity contribution in [3.05, 3.63) is 51.9 Å². The van der Waals surface area contributed by atoms with Gasteiger partial charge in [0.1, 0.15) is 5.01 Å². The third-order valence-electron chi connectivity index (χ3n) is 2.70. The monoisotopic (exact) mass is 287 g/mol. The first-order valence-electron chi connectivity index (χ1n) is 5.96. The van der Waals surface area contributed by atoms with E-state index in [9.17, 15) is 0 Å². The number of aromatic nitrogens is 2. The van der Waals surface area contributed by atoms with E-state index in [1.54, 1.807) is 22.7 Å². The average Bonchev–Trinajstić information content (AvgIpc) is 3.08. The number of nitrogens with one attached hydrogen (secondary N) is 1. The minimum Gasteiger partial charge on any atom is -0.379 e. The van der Waals surface area contributed by atoms with E-state index in [-0.39, 0.29) is 0 Å². The van der Waals surface area contributed by atoms with Crippen molar-refractivity contribution in [3.8, 4) is 10.6 Å². The van der Waals surface area contributed by atoms with Crippen LogP contribution in [-0.4, -0.2) is 9.97 Å². The summed E-state index contributed by atoms with van der Waals surface area (Å²) in [5.74, 6) is 0. The topological polar surface area (TPSA) is 37.8 Å². The Labute approximate surface area is 120 Å². The summed E-state index contributed by atoms with van der Waals surface area (Å²) in [7, 11) is 0. The van der Waals surface area contributed by atoms with Crippen LogP contribution in [0.15, 0.2) is 41.2 Å². The molecule has 0 aliphatic carbocycles. The fourth-order valence-electron chi connectivity index (χ4n) is 1.78. The molecule has 5 heteroatoms. The number of hydrogen-bond acceptors (Lipinski definition) is 5. The Bertz CT molecular complexity index is 642. The SMILES string of the molecule is Cc1nc(CNc2ccc(-c3nccs3)cc2)cs1. The van der Waals surface area contributed by atoms with Crippen LogP contribution < -0.4 is 5.32 Å². The van der Waals surface area contributed by atoms with E-state index < -0.39 is 0 Å². The Morgan fingerprint density at radius 3 is 2.63 bits per heavy atom. The van der Waals surface area contributed by atoms with Crippen LogP contribution in [-0.2, 0) is 6.54 Å². The van der Waals surface area contributed by atoms with Crippen molar-refractivity contribution in [2.24, 2.45) is 0 Å². The summed E-state index contributed by atoms with van der Waals surface area (Å²) < 4.78 is 0. The molecule has 0 aliphatic heterocycles. The summed E-state index contributed by atoms with van der Waals surface area (Å²) in [5.41, 5.74) is 3.35. The lowest BCUT2D eigenvalue weighted by molar-refractivity contribution is 1.05. The standard InChI is InChI=1S/C14H13N3S2/c1-10-17-13(9-19-10)8-16-12-4-2-11(3-5-12)14-15-6-7-18-14/h2-7,9,16H,8H2,1H3. The molecule has 0 fully saturated rings. The summed E-state index contributed by atoms with van der Waals surface area (Å²) in [6.07, 6.45) is 1.83. The number of hydrogen-bond donors (Lipinski definition) is 1. The molecule has 0 radical (unpaired) electrons. The van der Waals surface area contributed by atoms with Gasteiger partial charge in [0.05, 0.1) is 17.2 Å². The molecule has 2 aromatic heterocycles. The average molecular weight is 287 g/mol. The second-order valence-electron chi connectivity index (χ2n) is 4.13. The summed E-state index contributed by atoms with van der Waals surface area (Å²) in [6.45, 7) is 2.79. The molecule has 0 spiro atoms. The van der Waals surface area contributed by atoms with Gasteiger partial charge in [-0.3, -0.25) is 0 Å². The van der Waals surface area contributed by atoms with Crippen LogP contribution in [0.25, 0.3) is 10.6 Å². The first-order valence-corrected chi connectivity index (χ1v) is 7.72. The van der Waals surface area contributed by atoms with E-state index in [1.165, 1.54) is 0 Å². The quantitative estimate of drug-likeness (QED) is 0.782. The van der Waals surface area contributed by atoms with Gasteiger partial charge in [0.25, 0.3) is 0 Å². The highest BCUT2D eigenvalue weighted by Crippen LogP contribution is 2.23. The third-order valence-corrected chi connectivity index (χ3v) is 4.35. The lowest BCUT2D eigenvalue weighted by Gasteiger charge is -2.05. The molecular weight excluding hydrogens is 274 g/mol. The lowest BCUT2D eigenvalue weighted by Crippen LogP contribution is -1.99. The minimum atomic E-state index is 0.765. The molecule has 3 rings (SSSR count). The first kappa shape index (κ1) is 12.3. The number of aryl methyl sites for hydroxylation is 1. The van der Waals surface area contributed by atoms with E-state index in [0.29, 0.717) is 0 Å². The zero-order chi connectivity index (χ0) is 13.1. The molecule has 2 heterocycles. The van der Waals surface area contributed by atoms with Gasteiger partial charge in [0.2, 0.25) is 0 Å². The molecule has 0 aliphatic rings. The number of rotatable bonds is 4. The molecule has 0 bridgehead atoms. The zero-order valence-corrected chi connectivity index (χ0v) is 12.1. The molecule has 0 atom stereocenters. The summed E-state index contributed by atoms with van der Waals surface area (Å²) in [5, 5.41) is 9.62. The highest BCUT2D eigenvalue weighted by atomic mass is 32.1. The molecule has 3 aromatic rings. The van der Waals surface area contributed by atoms with Crippen LogP contribution in [0.5, 0.6) is 0 Å². The van der Waals surface area contributed by atoms with E-state index in [1.807, 2.05) is 18.5 Å². The van der Waals surface area contributed by atoms with Gasteiger partial charge in [-0.15, -0.1) is 22.7 Å². The second-order valence-corrected chi connectivity index (χ2v) is 6.08. The smallest absolute Gasteiger partial charge is 0.123 e. The van der Waals surface area contributed by atoms with Gasteiger partial charge in [-0.25, -0.2) is 9.97 Å².